The number of urea groups is 1. The maximum absolute atomic E-state index is 12.7. The SMILES string of the molecule is COc1ccc(C2(C)NC(=O)N(CC(=O)NCC(C)(O)C(=O)O)C2=O)cc1. The van der Waals surface area contributed by atoms with E-state index in [2.05, 4.69) is 10.6 Å². The molecule has 27 heavy (non-hydrogen) atoms. The van der Waals surface area contributed by atoms with E-state index in [4.69, 9.17) is 9.84 Å². The van der Waals surface area contributed by atoms with E-state index in [-0.39, 0.29) is 0 Å². The Morgan fingerprint density at radius 1 is 1.30 bits per heavy atom. The van der Waals surface area contributed by atoms with Gasteiger partial charge < -0.3 is 25.6 Å². The highest BCUT2D eigenvalue weighted by molar-refractivity contribution is 6.09. The Hall–Kier alpha value is -3.14. The van der Waals surface area contributed by atoms with Gasteiger partial charge in [-0.15, -0.1) is 0 Å². The van der Waals surface area contributed by atoms with Crippen molar-refractivity contribution in [1.29, 1.82) is 0 Å². The largest absolute Gasteiger partial charge is 0.497 e. The van der Waals surface area contributed by atoms with Gasteiger partial charge in [-0.2, -0.15) is 0 Å². The molecule has 1 fully saturated rings. The number of nitrogens with zero attached hydrogens (tertiary/aromatic N) is 1. The Bertz CT molecular complexity index is 775. The first-order valence-corrected chi connectivity index (χ1v) is 8.02. The van der Waals surface area contributed by atoms with Gasteiger partial charge in [-0.05, 0) is 31.5 Å². The van der Waals surface area contributed by atoms with Gasteiger partial charge in [0.1, 0.15) is 17.8 Å². The van der Waals surface area contributed by atoms with Crippen LogP contribution < -0.4 is 15.4 Å². The number of ether oxygens (including phenoxy) is 1. The average Bonchev–Trinajstić information content (AvgIpc) is 2.84. The van der Waals surface area contributed by atoms with Gasteiger partial charge in [0.2, 0.25) is 5.91 Å². The lowest BCUT2D eigenvalue weighted by atomic mass is 9.92. The summed E-state index contributed by atoms with van der Waals surface area (Å²) in [6.45, 7) is 1.36. The molecule has 2 unspecified atom stereocenters. The van der Waals surface area contributed by atoms with E-state index < -0.39 is 48.0 Å². The topological polar surface area (TPSA) is 145 Å². The van der Waals surface area contributed by atoms with E-state index in [1.807, 2.05) is 0 Å². The van der Waals surface area contributed by atoms with Crippen LogP contribution in [0.3, 0.4) is 0 Å². The lowest BCUT2D eigenvalue weighted by Crippen LogP contribution is -2.49. The monoisotopic (exact) mass is 379 g/mol. The zero-order valence-electron chi connectivity index (χ0n) is 15.1. The third kappa shape index (κ3) is 4.00. The lowest BCUT2D eigenvalue weighted by Gasteiger charge is -2.22. The van der Waals surface area contributed by atoms with Gasteiger partial charge in [0.15, 0.2) is 5.60 Å². The fourth-order valence-electron chi connectivity index (χ4n) is 2.51. The number of benzene rings is 1. The molecule has 146 valence electrons. The van der Waals surface area contributed by atoms with Crippen molar-refractivity contribution < 1.29 is 34.1 Å². The standard InChI is InChI=1S/C17H21N3O7/c1-16(26,14(23)24)9-18-12(21)8-20-13(22)17(2,19-15(20)25)10-4-6-11(27-3)7-5-10/h4-7,26H,8-9H2,1-3H3,(H,18,21)(H,19,25)(H,23,24). The van der Waals surface area contributed by atoms with E-state index in [0.29, 0.717) is 11.3 Å². The van der Waals surface area contributed by atoms with Gasteiger partial charge in [0, 0.05) is 0 Å². The molecule has 0 spiro atoms. The summed E-state index contributed by atoms with van der Waals surface area (Å²) < 4.78 is 5.06. The molecule has 0 aliphatic carbocycles. The molecule has 2 atom stereocenters. The molecule has 1 saturated heterocycles. The molecular formula is C17H21N3O7. The van der Waals surface area contributed by atoms with Gasteiger partial charge >= 0.3 is 12.0 Å². The molecule has 2 rings (SSSR count). The van der Waals surface area contributed by atoms with Crippen molar-refractivity contribution in [2.75, 3.05) is 20.2 Å². The number of methoxy groups -OCH3 is 1. The quantitative estimate of drug-likeness (QED) is 0.464. The summed E-state index contributed by atoms with van der Waals surface area (Å²) in [5.41, 5.74) is -3.00. The Morgan fingerprint density at radius 3 is 2.41 bits per heavy atom. The third-order valence-electron chi connectivity index (χ3n) is 4.33. The van der Waals surface area contributed by atoms with E-state index in [9.17, 15) is 24.3 Å². The molecule has 10 heteroatoms. The summed E-state index contributed by atoms with van der Waals surface area (Å²) >= 11 is 0. The first kappa shape index (κ1) is 20.2. The predicted octanol–water partition coefficient (Wildman–Crippen LogP) is -0.586. The molecule has 1 aliphatic rings. The van der Waals surface area contributed by atoms with Crippen LogP contribution in [0, 0.1) is 0 Å². The molecule has 0 saturated carbocycles. The van der Waals surface area contributed by atoms with Gasteiger partial charge in [0.05, 0.1) is 13.7 Å². The van der Waals surface area contributed by atoms with Crippen LogP contribution in [0.2, 0.25) is 0 Å². The number of hydrogen-bond acceptors (Lipinski definition) is 6. The molecule has 0 radical (unpaired) electrons. The van der Waals surface area contributed by atoms with Gasteiger partial charge in [-0.1, -0.05) is 12.1 Å². The summed E-state index contributed by atoms with van der Waals surface area (Å²) in [7, 11) is 1.50. The number of carboxylic acid groups (broad SMARTS) is 1. The van der Waals surface area contributed by atoms with Crippen molar-refractivity contribution in [1.82, 2.24) is 15.5 Å². The van der Waals surface area contributed by atoms with E-state index >= 15 is 0 Å². The summed E-state index contributed by atoms with van der Waals surface area (Å²) in [5.74, 6) is -2.33. The van der Waals surface area contributed by atoms with Crippen LogP contribution >= 0.6 is 0 Å². The second-order valence-electron chi connectivity index (χ2n) is 6.53. The summed E-state index contributed by atoms with van der Waals surface area (Å²) in [5, 5.41) is 23.2. The average molecular weight is 379 g/mol. The Morgan fingerprint density at radius 2 is 1.89 bits per heavy atom. The van der Waals surface area contributed by atoms with Crippen molar-refractivity contribution in [3.8, 4) is 5.75 Å². The van der Waals surface area contributed by atoms with Crippen molar-refractivity contribution >= 4 is 23.8 Å². The molecule has 1 aromatic carbocycles. The molecular weight excluding hydrogens is 358 g/mol. The number of amides is 4. The molecule has 4 amide bonds. The van der Waals surface area contributed by atoms with Crippen LogP contribution in [0.15, 0.2) is 24.3 Å². The van der Waals surface area contributed by atoms with Gasteiger partial charge in [0.25, 0.3) is 5.91 Å². The minimum absolute atomic E-state index is 0.512. The zero-order chi connectivity index (χ0) is 20.4. The summed E-state index contributed by atoms with van der Waals surface area (Å²) in [6, 6.07) is 5.79. The third-order valence-corrected chi connectivity index (χ3v) is 4.33. The predicted molar refractivity (Wildman–Crippen MR) is 91.9 cm³/mol. The fraction of sp³-hybridized carbons (Fsp3) is 0.412. The van der Waals surface area contributed by atoms with Crippen LogP contribution in [-0.4, -0.2) is 64.7 Å². The number of aliphatic hydroxyl groups is 1. The van der Waals surface area contributed by atoms with Crippen LogP contribution in [0.5, 0.6) is 5.75 Å². The highest BCUT2D eigenvalue weighted by Crippen LogP contribution is 2.29. The second-order valence-corrected chi connectivity index (χ2v) is 6.53. The Labute approximate surface area is 155 Å². The first-order chi connectivity index (χ1) is 12.5. The zero-order valence-corrected chi connectivity index (χ0v) is 15.1. The highest BCUT2D eigenvalue weighted by Gasteiger charge is 2.49. The number of carbonyl (C=O) groups is 4. The number of carboxylic acids is 1. The molecule has 1 aromatic rings. The van der Waals surface area contributed by atoms with Crippen molar-refractivity contribution in [2.24, 2.45) is 0 Å². The molecule has 0 bridgehead atoms. The number of aliphatic carboxylic acids is 1. The number of carbonyl (C=O) groups excluding carboxylic acids is 3. The Kier molecular flexibility index (Phi) is 5.41. The Balaban J connectivity index is 2.08. The van der Waals surface area contributed by atoms with Crippen LogP contribution in [0.4, 0.5) is 4.79 Å². The summed E-state index contributed by atoms with van der Waals surface area (Å²) in [4.78, 5) is 48.5. The maximum atomic E-state index is 12.7. The fourth-order valence-corrected chi connectivity index (χ4v) is 2.51. The molecule has 0 aromatic heterocycles. The van der Waals surface area contributed by atoms with Gasteiger partial charge in [-0.3, -0.25) is 14.5 Å². The number of rotatable bonds is 7. The molecule has 10 nitrogen and oxygen atoms in total. The number of imide groups is 1. The van der Waals surface area contributed by atoms with E-state index in [0.717, 1.165) is 11.8 Å². The van der Waals surface area contributed by atoms with E-state index in [1.165, 1.54) is 14.0 Å². The minimum atomic E-state index is -2.16. The van der Waals surface area contributed by atoms with Gasteiger partial charge in [-0.25, -0.2) is 9.59 Å². The lowest BCUT2D eigenvalue weighted by molar-refractivity contribution is -0.156. The van der Waals surface area contributed by atoms with E-state index in [1.54, 1.807) is 24.3 Å². The molecule has 4 N–H and O–H groups in total. The molecule has 1 aliphatic heterocycles. The van der Waals surface area contributed by atoms with Crippen molar-refractivity contribution in [3.63, 3.8) is 0 Å². The smallest absolute Gasteiger partial charge is 0.337 e. The maximum Gasteiger partial charge on any atom is 0.337 e. The van der Waals surface area contributed by atoms with Crippen molar-refractivity contribution in [3.05, 3.63) is 29.8 Å². The number of hydrogen-bond donors (Lipinski definition) is 4. The summed E-state index contributed by atoms with van der Waals surface area (Å²) in [6.07, 6.45) is 0. The number of nitrogens with one attached hydrogen (secondary N) is 2. The van der Waals surface area contributed by atoms with Crippen molar-refractivity contribution in [2.45, 2.75) is 25.0 Å². The second kappa shape index (κ2) is 7.23. The van der Waals surface area contributed by atoms with Crippen LogP contribution in [0.1, 0.15) is 19.4 Å². The molecule has 1 heterocycles. The normalized spacial score (nSPS) is 21.4. The minimum Gasteiger partial charge on any atom is -0.497 e. The highest BCUT2D eigenvalue weighted by atomic mass is 16.5. The van der Waals surface area contributed by atoms with Crippen LogP contribution in [0.25, 0.3) is 0 Å². The first-order valence-electron chi connectivity index (χ1n) is 8.02. The van der Waals surface area contributed by atoms with Crippen LogP contribution in [-0.2, 0) is 19.9 Å².